The molecule has 5 rings (SSSR count). The molecule has 4 nitrogen and oxygen atoms in total. The average Bonchev–Trinajstić information content (AvgIpc) is 3.10. The molecule has 0 heterocycles. The van der Waals surface area contributed by atoms with E-state index in [9.17, 15) is 19.8 Å². The first kappa shape index (κ1) is 24.7. The van der Waals surface area contributed by atoms with E-state index in [1.807, 2.05) is 0 Å². The number of hydrogen-bond donors (Lipinski definition) is 2. The van der Waals surface area contributed by atoms with Crippen LogP contribution >= 0.6 is 0 Å². The van der Waals surface area contributed by atoms with Crippen LogP contribution in [0.5, 0.6) is 0 Å². The summed E-state index contributed by atoms with van der Waals surface area (Å²) in [5, 5.41) is 22.6. The second-order valence-corrected chi connectivity index (χ2v) is 14.6. The van der Waals surface area contributed by atoms with E-state index in [0.717, 1.165) is 30.4 Å². The second kappa shape index (κ2) is 7.06. The number of carbonyl (C=O) groups excluding carboxylic acids is 2. The Morgan fingerprint density at radius 3 is 2.09 bits per heavy atom. The van der Waals surface area contributed by atoms with Crippen molar-refractivity contribution in [1.29, 1.82) is 0 Å². The van der Waals surface area contributed by atoms with Gasteiger partial charge in [0.2, 0.25) is 0 Å². The van der Waals surface area contributed by atoms with Gasteiger partial charge < -0.3 is 10.2 Å². The molecule has 0 radical (unpaired) electrons. The largest absolute Gasteiger partial charge is 0.393 e. The number of aliphatic hydroxyl groups is 2. The lowest BCUT2D eigenvalue weighted by Crippen LogP contribution is -2.65. The van der Waals surface area contributed by atoms with Crippen molar-refractivity contribution in [2.24, 2.45) is 50.7 Å². The molecular formula is C30H46O4. The molecule has 0 saturated heterocycles. The normalized spacial score (nSPS) is 52.3. The summed E-state index contributed by atoms with van der Waals surface area (Å²) in [5.74, 6) is 1.36. The molecule has 0 amide bonds. The summed E-state index contributed by atoms with van der Waals surface area (Å²) >= 11 is 0. The summed E-state index contributed by atoms with van der Waals surface area (Å²) in [5.41, 5.74) is -0.338. The minimum Gasteiger partial charge on any atom is -0.393 e. The van der Waals surface area contributed by atoms with Crippen LogP contribution in [0, 0.1) is 50.7 Å². The zero-order valence-corrected chi connectivity index (χ0v) is 22.6. The molecule has 0 aromatic heterocycles. The molecule has 0 bridgehead atoms. The van der Waals surface area contributed by atoms with Crippen molar-refractivity contribution >= 4 is 11.6 Å². The van der Waals surface area contributed by atoms with E-state index in [1.165, 1.54) is 0 Å². The predicted octanol–water partition coefficient (Wildman–Crippen LogP) is 5.50. The summed E-state index contributed by atoms with van der Waals surface area (Å²) in [6.45, 7) is 17.6. The van der Waals surface area contributed by atoms with E-state index < -0.39 is 28.5 Å². The van der Waals surface area contributed by atoms with Crippen LogP contribution in [0.2, 0.25) is 0 Å². The van der Waals surface area contributed by atoms with Crippen molar-refractivity contribution in [3.63, 3.8) is 0 Å². The van der Waals surface area contributed by atoms with Crippen molar-refractivity contribution in [3.05, 3.63) is 11.1 Å². The van der Waals surface area contributed by atoms with Gasteiger partial charge in [-0.1, -0.05) is 55.4 Å². The number of carbonyl (C=O) groups is 2. The lowest BCUT2D eigenvalue weighted by molar-refractivity contribution is -0.184. The highest BCUT2D eigenvalue weighted by Gasteiger charge is 2.72. The monoisotopic (exact) mass is 470 g/mol. The van der Waals surface area contributed by atoms with Crippen molar-refractivity contribution in [2.45, 2.75) is 113 Å². The van der Waals surface area contributed by atoms with Crippen LogP contribution in [0.3, 0.4) is 0 Å². The van der Waals surface area contributed by atoms with Gasteiger partial charge in [0.15, 0.2) is 11.6 Å². The van der Waals surface area contributed by atoms with Gasteiger partial charge in [-0.2, -0.15) is 0 Å². The van der Waals surface area contributed by atoms with Crippen LogP contribution in [0.4, 0.5) is 0 Å². The fraction of sp³-hybridized carbons (Fsp3) is 0.867. The first-order chi connectivity index (χ1) is 15.6. The lowest BCUT2D eigenvalue weighted by Gasteiger charge is -2.67. The molecule has 3 fully saturated rings. The minimum absolute atomic E-state index is 0.0394. The van der Waals surface area contributed by atoms with Crippen molar-refractivity contribution in [1.82, 2.24) is 0 Å². The standard InChI is InChI=1S/C30H46O4/c1-16(2)17-9-10-20-28(6)14-19(32)24-25(29(28,7)15-23(34)30(17,20)8)18(31)13-21-26(3,4)22(33)11-12-27(21,24)5/h16-17,20-23,33-34H,9-15H2,1-8H3/t17-,20+,21+,22-,23-,27+,28+,29-,30-/m1/s1. The third kappa shape index (κ3) is 2.63. The van der Waals surface area contributed by atoms with Crippen molar-refractivity contribution in [2.75, 3.05) is 0 Å². The molecule has 2 N–H and O–H groups in total. The molecule has 0 aromatic carbocycles. The maximum atomic E-state index is 14.2. The zero-order chi connectivity index (χ0) is 25.2. The number of ketones is 2. The SMILES string of the molecule is CC(C)[C@H]1CC[C@@H]2[C@]1(C)[C@H](O)C[C@]1(C)C3=C(C(=O)C[C@@]21C)[C@@]1(C)CC[C@@H](O)C(C)(C)[C@@H]1CC3=O. The number of Topliss-reactive ketones (excluding diaryl/α,β-unsaturated/α-hetero) is 2. The van der Waals surface area contributed by atoms with Crippen molar-refractivity contribution in [3.8, 4) is 0 Å². The third-order valence-electron chi connectivity index (χ3n) is 12.8. The Kier molecular flexibility index (Phi) is 5.13. The molecule has 9 atom stereocenters. The van der Waals surface area contributed by atoms with Crippen LogP contribution in [0.15, 0.2) is 11.1 Å². The van der Waals surface area contributed by atoms with E-state index in [0.29, 0.717) is 37.5 Å². The van der Waals surface area contributed by atoms with E-state index in [1.54, 1.807) is 0 Å². The maximum absolute atomic E-state index is 14.2. The molecule has 190 valence electrons. The molecule has 5 aliphatic rings. The minimum atomic E-state index is -0.503. The van der Waals surface area contributed by atoms with Gasteiger partial charge in [-0.25, -0.2) is 0 Å². The molecule has 0 aromatic rings. The van der Waals surface area contributed by atoms with Gasteiger partial charge in [0.25, 0.3) is 0 Å². The van der Waals surface area contributed by atoms with Gasteiger partial charge in [-0.15, -0.1) is 0 Å². The molecule has 5 aliphatic carbocycles. The van der Waals surface area contributed by atoms with Gasteiger partial charge in [0.1, 0.15) is 0 Å². The Morgan fingerprint density at radius 1 is 0.824 bits per heavy atom. The Morgan fingerprint density at radius 2 is 1.47 bits per heavy atom. The highest BCUT2D eigenvalue weighted by Crippen LogP contribution is 2.74. The fourth-order valence-electron chi connectivity index (χ4n) is 10.7. The van der Waals surface area contributed by atoms with E-state index in [2.05, 4.69) is 55.4 Å². The van der Waals surface area contributed by atoms with Gasteiger partial charge in [-0.05, 0) is 72.0 Å². The van der Waals surface area contributed by atoms with Crippen LogP contribution in [-0.2, 0) is 9.59 Å². The second-order valence-electron chi connectivity index (χ2n) is 14.6. The smallest absolute Gasteiger partial charge is 0.160 e. The topological polar surface area (TPSA) is 74.6 Å². The Bertz CT molecular complexity index is 976. The summed E-state index contributed by atoms with van der Waals surface area (Å²) in [6.07, 6.45) is 4.00. The molecule has 3 saturated carbocycles. The number of allylic oxidation sites excluding steroid dienone is 2. The van der Waals surface area contributed by atoms with E-state index >= 15 is 0 Å². The van der Waals surface area contributed by atoms with Crippen LogP contribution < -0.4 is 0 Å². The predicted molar refractivity (Wildman–Crippen MR) is 133 cm³/mol. The Hall–Kier alpha value is -1.00. The number of aliphatic hydroxyl groups excluding tert-OH is 2. The summed E-state index contributed by atoms with van der Waals surface area (Å²) in [7, 11) is 0. The molecule has 4 heteroatoms. The van der Waals surface area contributed by atoms with E-state index in [-0.39, 0.29) is 34.2 Å². The first-order valence-electron chi connectivity index (χ1n) is 13.7. The summed E-state index contributed by atoms with van der Waals surface area (Å²) < 4.78 is 0. The summed E-state index contributed by atoms with van der Waals surface area (Å²) in [6, 6.07) is 0. The Labute approximate surface area is 206 Å². The van der Waals surface area contributed by atoms with E-state index in [4.69, 9.17) is 0 Å². The molecular weight excluding hydrogens is 424 g/mol. The maximum Gasteiger partial charge on any atom is 0.160 e. The summed E-state index contributed by atoms with van der Waals surface area (Å²) in [4.78, 5) is 28.2. The average molecular weight is 471 g/mol. The van der Waals surface area contributed by atoms with Gasteiger partial charge in [-0.3, -0.25) is 9.59 Å². The van der Waals surface area contributed by atoms with Gasteiger partial charge in [0.05, 0.1) is 12.2 Å². The van der Waals surface area contributed by atoms with Crippen molar-refractivity contribution < 1.29 is 19.8 Å². The highest BCUT2D eigenvalue weighted by molar-refractivity contribution is 6.11. The fourth-order valence-corrected chi connectivity index (χ4v) is 10.7. The quantitative estimate of drug-likeness (QED) is 0.531. The Balaban J connectivity index is 1.70. The number of hydrogen-bond acceptors (Lipinski definition) is 4. The zero-order valence-electron chi connectivity index (χ0n) is 22.6. The number of rotatable bonds is 1. The van der Waals surface area contributed by atoms with Crippen LogP contribution in [0.1, 0.15) is 100 Å². The molecule has 34 heavy (non-hydrogen) atoms. The number of fused-ring (bicyclic) bond motifs is 6. The first-order valence-corrected chi connectivity index (χ1v) is 13.7. The van der Waals surface area contributed by atoms with Gasteiger partial charge >= 0.3 is 0 Å². The third-order valence-corrected chi connectivity index (χ3v) is 12.8. The van der Waals surface area contributed by atoms with Crippen LogP contribution in [0.25, 0.3) is 0 Å². The van der Waals surface area contributed by atoms with Gasteiger partial charge in [0, 0.05) is 34.8 Å². The lowest BCUT2D eigenvalue weighted by atomic mass is 9.36. The van der Waals surface area contributed by atoms with Crippen LogP contribution in [-0.4, -0.2) is 34.0 Å². The molecule has 0 unspecified atom stereocenters. The molecule has 0 aliphatic heterocycles. The molecule has 0 spiro atoms. The highest BCUT2D eigenvalue weighted by atomic mass is 16.3.